The van der Waals surface area contributed by atoms with E-state index in [0.29, 0.717) is 48.4 Å². The summed E-state index contributed by atoms with van der Waals surface area (Å²) in [4.78, 5) is 21.8. The van der Waals surface area contributed by atoms with Crippen LogP contribution in [0.5, 0.6) is 11.5 Å². The summed E-state index contributed by atoms with van der Waals surface area (Å²) in [5.41, 5.74) is 0.717. The molecule has 1 fully saturated rings. The van der Waals surface area contributed by atoms with E-state index in [1.165, 1.54) is 19.4 Å². The van der Waals surface area contributed by atoms with Gasteiger partial charge in [0.2, 0.25) is 5.95 Å². The van der Waals surface area contributed by atoms with Gasteiger partial charge in [0.25, 0.3) is 0 Å². The molecule has 3 N–H and O–H groups in total. The molecule has 13 nitrogen and oxygen atoms in total. The Morgan fingerprint density at radius 1 is 1.09 bits per heavy atom. The molecule has 1 aliphatic heterocycles. The number of nitrogens with zero attached hydrogens (tertiary/aromatic N) is 4. The van der Waals surface area contributed by atoms with Gasteiger partial charge in [0, 0.05) is 31.1 Å². The van der Waals surface area contributed by atoms with Gasteiger partial charge < -0.3 is 19.7 Å². The van der Waals surface area contributed by atoms with E-state index < -0.39 is 10.3 Å². The van der Waals surface area contributed by atoms with Crippen LogP contribution in [0.15, 0.2) is 12.1 Å². The van der Waals surface area contributed by atoms with Gasteiger partial charge in [-0.25, -0.2) is 10.1 Å². The van der Waals surface area contributed by atoms with Crippen LogP contribution in [-0.2, 0) is 24.2 Å². The Bertz CT molecular complexity index is 1080. The molecule has 0 saturated carbocycles. The van der Waals surface area contributed by atoms with Crippen LogP contribution in [-0.4, -0.2) is 84.8 Å². The Morgan fingerprint density at radius 3 is 2.34 bits per heavy atom. The number of ether oxygens (including phenoxy) is 2. The third-order valence-corrected chi connectivity index (χ3v) is 6.35. The molecule has 1 saturated heterocycles. The topological polar surface area (TPSA) is 151 Å². The number of benzene rings is 1. The fourth-order valence-electron chi connectivity index (χ4n) is 4.04. The van der Waals surface area contributed by atoms with Crippen LogP contribution in [0.4, 0.5) is 11.8 Å². The molecule has 0 spiro atoms. The van der Waals surface area contributed by atoms with Crippen molar-refractivity contribution in [3.63, 3.8) is 0 Å². The molecule has 0 amide bonds. The number of nitrogens with two attached hydrogens (primary N) is 1. The monoisotopic (exact) mass is 514 g/mol. The second kappa shape index (κ2) is 12.5. The molecule has 1 aromatic carbocycles. The standard InChI is InChI=1S/C21H34N6O7S/c1-30-18-13-16-17(14-19(18)31-2)24-21(23-8-11-27(32-3)33-4)25-20(16)26-9-5-15(6-10-26)7-12-34-35(22,28)29/h13-15H,5-12H2,1-4H3,(H2,22,28,29)(H,23,24,25). The van der Waals surface area contributed by atoms with Crippen molar-refractivity contribution in [3.8, 4) is 11.5 Å². The average molecular weight is 515 g/mol. The first-order valence-electron chi connectivity index (χ1n) is 11.2. The number of methoxy groups -OCH3 is 2. The number of hydrogen-bond donors (Lipinski definition) is 2. The van der Waals surface area contributed by atoms with Crippen LogP contribution in [0.25, 0.3) is 10.9 Å². The second-order valence-electron chi connectivity index (χ2n) is 7.98. The molecule has 0 aliphatic carbocycles. The van der Waals surface area contributed by atoms with Crippen LogP contribution < -0.4 is 24.8 Å². The van der Waals surface area contributed by atoms with Crippen molar-refractivity contribution < 1.29 is 31.7 Å². The smallest absolute Gasteiger partial charge is 0.333 e. The number of fused-ring (bicyclic) bond motifs is 1. The molecule has 0 radical (unpaired) electrons. The Morgan fingerprint density at radius 2 is 1.74 bits per heavy atom. The molecule has 2 aromatic rings. The first kappa shape index (κ1) is 27.1. The molecule has 1 aromatic heterocycles. The maximum absolute atomic E-state index is 11.0. The molecule has 3 rings (SSSR count). The SMILES string of the molecule is COc1cc2nc(NCCN(OC)OC)nc(N3CCC(CCOS(N)(=O)=O)CC3)c2cc1OC. The summed E-state index contributed by atoms with van der Waals surface area (Å²) in [5.74, 6) is 2.76. The van der Waals surface area contributed by atoms with Gasteiger partial charge in [-0.3, -0.25) is 13.9 Å². The van der Waals surface area contributed by atoms with Crippen molar-refractivity contribution in [2.24, 2.45) is 11.1 Å². The van der Waals surface area contributed by atoms with Crippen molar-refractivity contribution in [1.82, 2.24) is 15.2 Å². The van der Waals surface area contributed by atoms with Gasteiger partial charge in [-0.2, -0.15) is 13.4 Å². The molecule has 14 heteroatoms. The van der Waals surface area contributed by atoms with E-state index in [0.717, 1.165) is 37.1 Å². The van der Waals surface area contributed by atoms with Gasteiger partial charge in [0.1, 0.15) is 5.82 Å². The van der Waals surface area contributed by atoms with Crippen molar-refractivity contribution in [2.75, 3.05) is 71.4 Å². The number of hydroxylamine groups is 2. The van der Waals surface area contributed by atoms with Crippen LogP contribution in [0.3, 0.4) is 0 Å². The number of aromatic nitrogens is 2. The minimum Gasteiger partial charge on any atom is -0.493 e. The van der Waals surface area contributed by atoms with Crippen LogP contribution in [0, 0.1) is 5.92 Å². The van der Waals surface area contributed by atoms with Gasteiger partial charge in [0.15, 0.2) is 11.5 Å². The fraction of sp³-hybridized carbons (Fsp3) is 0.619. The van der Waals surface area contributed by atoms with E-state index in [2.05, 4.69) is 15.2 Å². The maximum Gasteiger partial charge on any atom is 0.333 e. The summed E-state index contributed by atoms with van der Waals surface area (Å²) in [7, 11) is 2.31. The lowest BCUT2D eigenvalue weighted by atomic mass is 9.94. The van der Waals surface area contributed by atoms with Gasteiger partial charge in [-0.15, -0.1) is 0 Å². The number of hydrogen-bond acceptors (Lipinski definition) is 12. The zero-order valence-corrected chi connectivity index (χ0v) is 21.3. The number of rotatable bonds is 13. The summed E-state index contributed by atoms with van der Waals surface area (Å²) in [6.45, 7) is 2.54. The molecule has 0 atom stereocenters. The molecule has 0 unspecified atom stereocenters. The highest BCUT2D eigenvalue weighted by molar-refractivity contribution is 7.84. The average Bonchev–Trinajstić information content (AvgIpc) is 2.85. The van der Waals surface area contributed by atoms with Gasteiger partial charge in [-0.1, -0.05) is 5.23 Å². The van der Waals surface area contributed by atoms with E-state index in [-0.39, 0.29) is 6.61 Å². The van der Waals surface area contributed by atoms with E-state index in [9.17, 15) is 8.42 Å². The van der Waals surface area contributed by atoms with Gasteiger partial charge >= 0.3 is 10.3 Å². The molecular weight excluding hydrogens is 480 g/mol. The predicted molar refractivity (Wildman–Crippen MR) is 130 cm³/mol. The van der Waals surface area contributed by atoms with Gasteiger partial charge in [-0.05, 0) is 31.2 Å². The summed E-state index contributed by atoms with van der Waals surface area (Å²) in [6, 6.07) is 3.72. The van der Waals surface area contributed by atoms with Crippen molar-refractivity contribution >= 4 is 33.0 Å². The molecule has 196 valence electrons. The summed E-state index contributed by atoms with van der Waals surface area (Å²) in [5, 5.41) is 10.3. The third-order valence-electron chi connectivity index (χ3n) is 5.85. The van der Waals surface area contributed by atoms with Crippen LogP contribution in [0.1, 0.15) is 19.3 Å². The van der Waals surface area contributed by atoms with E-state index in [1.807, 2.05) is 12.1 Å². The summed E-state index contributed by atoms with van der Waals surface area (Å²) < 4.78 is 37.7. The second-order valence-corrected chi connectivity index (χ2v) is 9.20. The molecule has 1 aliphatic rings. The van der Waals surface area contributed by atoms with Crippen molar-refractivity contribution in [2.45, 2.75) is 19.3 Å². The zero-order valence-electron chi connectivity index (χ0n) is 20.5. The van der Waals surface area contributed by atoms with Crippen LogP contribution in [0.2, 0.25) is 0 Å². The number of anilines is 2. The first-order valence-corrected chi connectivity index (χ1v) is 12.7. The number of piperidine rings is 1. The summed E-state index contributed by atoms with van der Waals surface area (Å²) >= 11 is 0. The highest BCUT2D eigenvalue weighted by Crippen LogP contribution is 2.37. The largest absolute Gasteiger partial charge is 0.493 e. The molecular formula is C21H34N6O7S. The Balaban J connectivity index is 1.81. The lowest BCUT2D eigenvalue weighted by Crippen LogP contribution is -2.35. The van der Waals surface area contributed by atoms with Crippen molar-refractivity contribution in [1.29, 1.82) is 0 Å². The highest BCUT2D eigenvalue weighted by atomic mass is 32.2. The van der Waals surface area contributed by atoms with Gasteiger partial charge in [0.05, 0.1) is 47.1 Å². The van der Waals surface area contributed by atoms with E-state index in [1.54, 1.807) is 14.2 Å². The molecule has 2 heterocycles. The minimum atomic E-state index is -3.91. The Hall–Kier alpha value is -2.49. The Kier molecular flexibility index (Phi) is 9.65. The lowest BCUT2D eigenvalue weighted by molar-refractivity contribution is -0.340. The normalized spacial score (nSPS) is 15.1. The lowest BCUT2D eigenvalue weighted by Gasteiger charge is -2.33. The van der Waals surface area contributed by atoms with Crippen molar-refractivity contribution in [3.05, 3.63) is 12.1 Å². The molecule has 0 bridgehead atoms. The minimum absolute atomic E-state index is 0.0883. The first-order chi connectivity index (χ1) is 16.8. The fourth-order valence-corrected chi connectivity index (χ4v) is 4.37. The molecule has 35 heavy (non-hydrogen) atoms. The Labute approximate surface area is 205 Å². The van der Waals surface area contributed by atoms with E-state index in [4.69, 9.17) is 33.5 Å². The zero-order chi connectivity index (χ0) is 25.4. The maximum atomic E-state index is 11.0. The summed E-state index contributed by atoms with van der Waals surface area (Å²) in [6.07, 6.45) is 2.36. The van der Waals surface area contributed by atoms with E-state index >= 15 is 0 Å². The predicted octanol–water partition coefficient (Wildman–Crippen LogP) is 1.31. The number of nitrogens with one attached hydrogen (secondary N) is 1. The highest BCUT2D eigenvalue weighted by Gasteiger charge is 2.24. The third kappa shape index (κ3) is 7.49. The van der Waals surface area contributed by atoms with Crippen LogP contribution >= 0.6 is 0 Å². The quantitative estimate of drug-likeness (QED) is 0.371.